The molecule has 0 aromatic carbocycles. The number of quaternary nitrogens is 1. The van der Waals surface area contributed by atoms with Crippen molar-refractivity contribution in [3.05, 3.63) is 12.2 Å². The van der Waals surface area contributed by atoms with E-state index in [1.54, 1.807) is 0 Å². The number of hydrogen-bond acceptors (Lipinski definition) is 2. The Labute approximate surface area is 195 Å². The number of rotatable bonds is 22. The van der Waals surface area contributed by atoms with E-state index in [0.29, 0.717) is 17.5 Å². The molecule has 0 saturated heterocycles. The van der Waals surface area contributed by atoms with Crippen LogP contribution in [0.15, 0.2) is 12.2 Å². The molecule has 0 aliphatic heterocycles. The third-order valence-corrected chi connectivity index (χ3v) is 8.27. The first-order valence-electron chi connectivity index (χ1n) is 13.2. The van der Waals surface area contributed by atoms with Gasteiger partial charge in [-0.05, 0) is 32.1 Å². The summed E-state index contributed by atoms with van der Waals surface area (Å²) < 4.78 is 18.6. The first kappa shape index (κ1) is 30.9. The number of hydrogen-bond donors (Lipinski definition) is 1. The predicted octanol–water partition coefficient (Wildman–Crippen LogP) is 8.45. The zero-order valence-corrected chi connectivity index (χ0v) is 22.5. The molecule has 5 heteroatoms. The lowest BCUT2D eigenvalue weighted by Gasteiger charge is -2.35. The molecule has 0 aliphatic rings. The van der Waals surface area contributed by atoms with Gasteiger partial charge < -0.3 is 13.9 Å². The lowest BCUT2D eigenvalue weighted by atomic mass is 10.0. The van der Waals surface area contributed by atoms with Crippen LogP contribution in [0.1, 0.15) is 123 Å². The fourth-order valence-electron chi connectivity index (χ4n) is 4.12. The molecule has 2 atom stereocenters. The minimum absolute atomic E-state index is 0.333. The van der Waals surface area contributed by atoms with Crippen LogP contribution in [0.2, 0.25) is 0 Å². The molecule has 0 fully saturated rings. The largest absolute Gasteiger partial charge is 0.385 e. The molecule has 186 valence electrons. The topological polar surface area (TPSA) is 46.5 Å². The summed E-state index contributed by atoms with van der Waals surface area (Å²) in [5, 5.41) is 0. The fourth-order valence-corrected chi connectivity index (χ4v) is 6.14. The summed E-state index contributed by atoms with van der Waals surface area (Å²) in [5.41, 5.74) is 0. The number of unbranched alkanes of at least 4 members (excludes halogenated alkanes) is 13. The van der Waals surface area contributed by atoms with Crippen molar-refractivity contribution in [2.45, 2.75) is 129 Å². The molecular formula is C26H55NO3P+. The van der Waals surface area contributed by atoms with E-state index in [1.807, 2.05) is 21.1 Å². The van der Waals surface area contributed by atoms with Gasteiger partial charge in [0, 0.05) is 6.42 Å². The third-order valence-electron chi connectivity index (χ3n) is 6.01. The second-order valence-electron chi connectivity index (χ2n) is 10.0. The quantitative estimate of drug-likeness (QED) is 0.0763. The van der Waals surface area contributed by atoms with E-state index in [0.717, 1.165) is 25.7 Å². The maximum absolute atomic E-state index is 12.6. The number of allylic oxidation sites excluding steroid dienone is 2. The van der Waals surface area contributed by atoms with Gasteiger partial charge in [-0.15, -0.1) is 0 Å². The summed E-state index contributed by atoms with van der Waals surface area (Å²) >= 11 is 0. The Morgan fingerprint density at radius 2 is 1.23 bits per heavy atom. The lowest BCUT2D eigenvalue weighted by molar-refractivity contribution is -0.883. The maximum Gasteiger partial charge on any atom is 0.385 e. The van der Waals surface area contributed by atoms with Gasteiger partial charge in [-0.2, -0.15) is 0 Å². The molecule has 0 amide bonds. The number of nitrogens with zero attached hydrogens (tertiary/aromatic N) is 1. The Hall–Kier alpha value is -0.150. The van der Waals surface area contributed by atoms with Crippen LogP contribution in [0.25, 0.3) is 0 Å². The van der Waals surface area contributed by atoms with Crippen LogP contribution in [-0.4, -0.2) is 42.9 Å². The predicted molar refractivity (Wildman–Crippen MR) is 137 cm³/mol. The molecule has 0 aromatic rings. The zero-order chi connectivity index (χ0) is 23.4. The summed E-state index contributed by atoms with van der Waals surface area (Å²) in [6, 6.07) is 0. The van der Waals surface area contributed by atoms with Crippen LogP contribution in [0.5, 0.6) is 0 Å². The summed E-state index contributed by atoms with van der Waals surface area (Å²) in [6.45, 7) is 4.65. The summed E-state index contributed by atoms with van der Waals surface area (Å²) in [7, 11) is 2.35. The molecule has 0 rings (SSSR count). The van der Waals surface area contributed by atoms with Crippen LogP contribution >= 0.6 is 7.60 Å². The first-order chi connectivity index (χ1) is 14.8. The zero-order valence-electron chi connectivity index (χ0n) is 21.6. The molecule has 0 aromatic heterocycles. The normalized spacial score (nSPS) is 15.4. The average molecular weight is 461 g/mol. The molecule has 2 unspecified atom stereocenters. The van der Waals surface area contributed by atoms with Gasteiger partial charge in [0.1, 0.15) is 0 Å². The molecular weight excluding hydrogens is 405 g/mol. The molecule has 1 N–H and O–H groups in total. The van der Waals surface area contributed by atoms with Gasteiger partial charge >= 0.3 is 7.60 Å². The molecule has 4 nitrogen and oxygen atoms in total. The second kappa shape index (κ2) is 19.3. The molecule has 0 heterocycles. The van der Waals surface area contributed by atoms with Crippen molar-refractivity contribution in [3.63, 3.8) is 0 Å². The van der Waals surface area contributed by atoms with Crippen molar-refractivity contribution in [2.75, 3.05) is 27.7 Å². The molecule has 0 saturated carbocycles. The van der Waals surface area contributed by atoms with Gasteiger partial charge in [-0.3, -0.25) is 4.57 Å². The summed E-state index contributed by atoms with van der Waals surface area (Å²) in [5.74, 6) is -0.333. The van der Waals surface area contributed by atoms with Crippen LogP contribution in [0, 0.1) is 0 Å². The van der Waals surface area contributed by atoms with Crippen LogP contribution in [0.3, 0.4) is 0 Å². The van der Waals surface area contributed by atoms with E-state index in [-0.39, 0.29) is 5.78 Å². The van der Waals surface area contributed by atoms with Gasteiger partial charge in [0.25, 0.3) is 0 Å². The van der Waals surface area contributed by atoms with E-state index in [1.165, 1.54) is 77.0 Å². The monoisotopic (exact) mass is 460 g/mol. The minimum atomic E-state index is -3.56. The Kier molecular flexibility index (Phi) is 19.2. The lowest BCUT2D eigenvalue weighted by Crippen LogP contribution is -2.45. The van der Waals surface area contributed by atoms with Crippen LogP contribution < -0.4 is 0 Å². The molecule has 0 aliphatic carbocycles. The van der Waals surface area contributed by atoms with E-state index in [9.17, 15) is 9.46 Å². The van der Waals surface area contributed by atoms with Gasteiger partial charge in [0.15, 0.2) is 5.78 Å². The highest BCUT2D eigenvalue weighted by Gasteiger charge is 2.41. The Bertz CT molecular complexity index is 474. The standard InChI is InChI=1S/C26H54NO3P/c1-6-8-9-10-11-12-13-14-15-16-17-18-19-20-21-22-23-25-30-31(28,29)26(24-7-2)27(3,4)5/h8-9,26H,6-7,10-25H2,1-5H3/p+1. The van der Waals surface area contributed by atoms with Gasteiger partial charge in [0.2, 0.25) is 0 Å². The van der Waals surface area contributed by atoms with Gasteiger partial charge in [0.05, 0.1) is 27.7 Å². The van der Waals surface area contributed by atoms with Crippen molar-refractivity contribution in [3.8, 4) is 0 Å². The third kappa shape index (κ3) is 18.0. The molecule has 0 bridgehead atoms. The molecule has 0 spiro atoms. The van der Waals surface area contributed by atoms with E-state index < -0.39 is 7.60 Å². The SMILES string of the molecule is CCC=CCCCCCCCCCCCCCCCOP(=O)(O)C(CCC)[N+](C)(C)C. The summed E-state index contributed by atoms with van der Waals surface area (Å²) in [6.07, 6.45) is 25.5. The van der Waals surface area contributed by atoms with E-state index in [4.69, 9.17) is 4.52 Å². The highest BCUT2D eigenvalue weighted by atomic mass is 31.2. The van der Waals surface area contributed by atoms with E-state index >= 15 is 0 Å². The summed E-state index contributed by atoms with van der Waals surface area (Å²) in [4.78, 5) is 10.4. The minimum Gasteiger partial charge on any atom is -0.320 e. The van der Waals surface area contributed by atoms with Crippen LogP contribution in [0.4, 0.5) is 0 Å². The smallest absolute Gasteiger partial charge is 0.320 e. The van der Waals surface area contributed by atoms with Crippen molar-refractivity contribution in [2.24, 2.45) is 0 Å². The average Bonchev–Trinajstić information content (AvgIpc) is 2.70. The second-order valence-corrected chi connectivity index (χ2v) is 12.0. The Morgan fingerprint density at radius 1 is 0.774 bits per heavy atom. The van der Waals surface area contributed by atoms with Crippen molar-refractivity contribution in [1.29, 1.82) is 0 Å². The van der Waals surface area contributed by atoms with E-state index in [2.05, 4.69) is 26.0 Å². The Morgan fingerprint density at radius 3 is 1.65 bits per heavy atom. The van der Waals surface area contributed by atoms with Crippen LogP contribution in [-0.2, 0) is 9.09 Å². The van der Waals surface area contributed by atoms with Gasteiger partial charge in [-0.1, -0.05) is 96.6 Å². The van der Waals surface area contributed by atoms with Gasteiger partial charge in [-0.25, -0.2) is 0 Å². The molecule has 0 radical (unpaired) electrons. The molecule has 31 heavy (non-hydrogen) atoms. The highest BCUT2D eigenvalue weighted by molar-refractivity contribution is 7.53. The Balaban J connectivity index is 3.52. The van der Waals surface area contributed by atoms with Crippen molar-refractivity contribution < 1.29 is 18.5 Å². The highest BCUT2D eigenvalue weighted by Crippen LogP contribution is 2.51. The van der Waals surface area contributed by atoms with Crippen molar-refractivity contribution >= 4 is 7.60 Å². The van der Waals surface area contributed by atoms with Crippen molar-refractivity contribution in [1.82, 2.24) is 0 Å². The maximum atomic E-state index is 12.6. The fraction of sp³-hybridized carbons (Fsp3) is 0.923. The first-order valence-corrected chi connectivity index (χ1v) is 14.8.